The van der Waals surface area contributed by atoms with E-state index in [4.69, 9.17) is 5.73 Å². The van der Waals surface area contributed by atoms with Crippen LogP contribution in [0, 0.1) is 0 Å². The summed E-state index contributed by atoms with van der Waals surface area (Å²) in [4.78, 5) is 0. The molecule has 6 nitrogen and oxygen atoms in total. The van der Waals surface area contributed by atoms with Crippen LogP contribution in [-0.2, 0) is 16.4 Å². The number of rotatable bonds is 5. The molecule has 2 N–H and O–H groups in total. The molecule has 2 rings (SSSR count). The molecule has 7 heteroatoms. The third-order valence-electron chi connectivity index (χ3n) is 3.69. The van der Waals surface area contributed by atoms with Gasteiger partial charge >= 0.3 is 0 Å². The van der Waals surface area contributed by atoms with E-state index in [1.807, 2.05) is 6.92 Å². The van der Waals surface area contributed by atoms with Crippen molar-refractivity contribution in [3.05, 3.63) is 11.9 Å². The van der Waals surface area contributed by atoms with Crippen LogP contribution in [0.3, 0.4) is 0 Å². The summed E-state index contributed by atoms with van der Waals surface area (Å²) in [5, 5.41) is 7.67. The zero-order valence-electron chi connectivity index (χ0n) is 11.3. The van der Waals surface area contributed by atoms with Gasteiger partial charge in [-0.3, -0.25) is 4.68 Å². The van der Waals surface area contributed by atoms with Gasteiger partial charge in [-0.25, -0.2) is 8.42 Å². The Hall–Kier alpha value is -0.950. The van der Waals surface area contributed by atoms with E-state index in [0.29, 0.717) is 12.2 Å². The molecule has 0 bridgehead atoms. The Morgan fingerprint density at radius 1 is 1.42 bits per heavy atom. The molecule has 0 spiro atoms. The van der Waals surface area contributed by atoms with Gasteiger partial charge in [-0.05, 0) is 19.8 Å². The van der Waals surface area contributed by atoms with Crippen molar-refractivity contribution in [2.24, 2.45) is 5.73 Å². The third kappa shape index (κ3) is 3.76. The summed E-state index contributed by atoms with van der Waals surface area (Å²) in [5.74, 6) is 0.138. The smallest absolute Gasteiger partial charge is 0.154 e. The summed E-state index contributed by atoms with van der Waals surface area (Å²) in [5.41, 5.74) is 6.38. The van der Waals surface area contributed by atoms with E-state index in [-0.39, 0.29) is 17.0 Å². The molecular weight excluding hydrogens is 264 g/mol. The van der Waals surface area contributed by atoms with Gasteiger partial charge in [0.2, 0.25) is 0 Å². The molecule has 1 saturated carbocycles. The first kappa shape index (κ1) is 14.5. The van der Waals surface area contributed by atoms with Crippen LogP contribution in [0.4, 0.5) is 0 Å². The van der Waals surface area contributed by atoms with E-state index in [1.54, 1.807) is 10.9 Å². The average molecular weight is 286 g/mol. The number of nitrogens with two attached hydrogens (primary N) is 1. The normalized spacial score (nSPS) is 19.5. The van der Waals surface area contributed by atoms with E-state index in [2.05, 4.69) is 10.3 Å². The summed E-state index contributed by atoms with van der Waals surface area (Å²) in [7, 11) is -3.01. The molecule has 0 saturated heterocycles. The highest BCUT2D eigenvalue weighted by atomic mass is 32.2. The molecule has 0 amide bonds. The van der Waals surface area contributed by atoms with Gasteiger partial charge in [-0.15, -0.1) is 5.10 Å². The quantitative estimate of drug-likeness (QED) is 0.873. The highest BCUT2D eigenvalue weighted by Gasteiger charge is 2.26. The molecule has 0 radical (unpaired) electrons. The van der Waals surface area contributed by atoms with Gasteiger partial charge in [0.05, 0.1) is 29.4 Å². The van der Waals surface area contributed by atoms with Gasteiger partial charge in [-0.2, -0.15) is 0 Å². The summed E-state index contributed by atoms with van der Waals surface area (Å²) in [6, 6.07) is -0.177. The van der Waals surface area contributed by atoms with Gasteiger partial charge in [0, 0.05) is 6.04 Å². The van der Waals surface area contributed by atoms with E-state index >= 15 is 0 Å². The second-order valence-corrected chi connectivity index (χ2v) is 7.72. The number of sulfone groups is 1. The lowest BCUT2D eigenvalue weighted by Crippen LogP contribution is -2.28. The molecule has 1 aromatic rings. The maximum atomic E-state index is 12.2. The molecule has 1 unspecified atom stereocenters. The van der Waals surface area contributed by atoms with E-state index in [9.17, 15) is 8.42 Å². The summed E-state index contributed by atoms with van der Waals surface area (Å²) in [6.45, 7) is 2.19. The average Bonchev–Trinajstić information content (AvgIpc) is 2.87. The summed E-state index contributed by atoms with van der Waals surface area (Å²) < 4.78 is 26.0. The minimum atomic E-state index is -3.01. The van der Waals surface area contributed by atoms with Crippen LogP contribution in [0.2, 0.25) is 0 Å². The van der Waals surface area contributed by atoms with Crippen molar-refractivity contribution in [3.8, 4) is 0 Å². The molecule has 108 valence electrons. The van der Waals surface area contributed by atoms with Crippen LogP contribution in [0.5, 0.6) is 0 Å². The monoisotopic (exact) mass is 286 g/mol. The van der Waals surface area contributed by atoms with Crippen LogP contribution < -0.4 is 5.73 Å². The SMILES string of the molecule is CC(N)c1cn(CCS(=O)(=O)C2CCCCC2)nn1. The largest absolute Gasteiger partial charge is 0.323 e. The molecule has 1 heterocycles. The van der Waals surface area contributed by atoms with Gasteiger partial charge in [-0.1, -0.05) is 24.5 Å². The molecule has 1 aliphatic carbocycles. The number of aryl methyl sites for hydroxylation is 1. The van der Waals surface area contributed by atoms with Gasteiger partial charge in [0.1, 0.15) is 0 Å². The molecular formula is C12H22N4O2S. The Morgan fingerprint density at radius 2 is 2.11 bits per heavy atom. The maximum Gasteiger partial charge on any atom is 0.154 e. The van der Waals surface area contributed by atoms with E-state index in [1.165, 1.54) is 0 Å². The van der Waals surface area contributed by atoms with Crippen molar-refractivity contribution in [2.45, 2.75) is 56.9 Å². The zero-order chi connectivity index (χ0) is 13.9. The van der Waals surface area contributed by atoms with Crippen molar-refractivity contribution < 1.29 is 8.42 Å². The topological polar surface area (TPSA) is 90.9 Å². The first-order valence-corrected chi connectivity index (χ1v) is 8.58. The molecule has 19 heavy (non-hydrogen) atoms. The van der Waals surface area contributed by atoms with Crippen molar-refractivity contribution in [1.29, 1.82) is 0 Å². The lowest BCUT2D eigenvalue weighted by Gasteiger charge is -2.21. The van der Waals surface area contributed by atoms with E-state index < -0.39 is 9.84 Å². The fourth-order valence-corrected chi connectivity index (χ4v) is 4.27. The Kier molecular flexibility index (Phi) is 4.57. The summed E-state index contributed by atoms with van der Waals surface area (Å²) in [6.07, 6.45) is 6.56. The standard InChI is InChI=1S/C12H22N4O2S/c1-10(13)12-9-16(15-14-12)7-8-19(17,18)11-5-3-2-4-6-11/h9-11H,2-8,13H2,1H3. The van der Waals surface area contributed by atoms with Crippen molar-refractivity contribution in [2.75, 3.05) is 5.75 Å². The van der Waals surface area contributed by atoms with Gasteiger partial charge in [0.15, 0.2) is 9.84 Å². The summed E-state index contributed by atoms with van der Waals surface area (Å²) >= 11 is 0. The predicted octanol–water partition coefficient (Wildman–Crippen LogP) is 1.05. The van der Waals surface area contributed by atoms with Gasteiger partial charge in [0.25, 0.3) is 0 Å². The maximum absolute atomic E-state index is 12.2. The second-order valence-electron chi connectivity index (χ2n) is 5.32. The number of nitrogens with zero attached hydrogens (tertiary/aromatic N) is 3. The second kappa shape index (κ2) is 6.00. The highest BCUT2D eigenvalue weighted by Crippen LogP contribution is 2.24. The number of hydrogen-bond acceptors (Lipinski definition) is 5. The fraction of sp³-hybridized carbons (Fsp3) is 0.833. The Labute approximate surface area is 114 Å². The highest BCUT2D eigenvalue weighted by molar-refractivity contribution is 7.92. The fourth-order valence-electron chi connectivity index (χ4n) is 2.44. The van der Waals surface area contributed by atoms with Crippen molar-refractivity contribution in [3.63, 3.8) is 0 Å². The third-order valence-corrected chi connectivity index (χ3v) is 5.93. The van der Waals surface area contributed by atoms with Crippen LogP contribution in [0.25, 0.3) is 0 Å². The minimum absolute atomic E-state index is 0.138. The van der Waals surface area contributed by atoms with Crippen molar-refractivity contribution in [1.82, 2.24) is 15.0 Å². The first-order chi connectivity index (χ1) is 8.99. The predicted molar refractivity (Wildman–Crippen MR) is 73.3 cm³/mol. The Balaban J connectivity index is 1.93. The molecule has 0 aliphatic heterocycles. The minimum Gasteiger partial charge on any atom is -0.323 e. The molecule has 1 aliphatic rings. The van der Waals surface area contributed by atoms with Crippen LogP contribution in [0.15, 0.2) is 6.20 Å². The first-order valence-electron chi connectivity index (χ1n) is 6.86. The Bertz CT molecular complexity index is 504. The Morgan fingerprint density at radius 3 is 2.68 bits per heavy atom. The van der Waals surface area contributed by atoms with Crippen LogP contribution in [0.1, 0.15) is 50.8 Å². The number of hydrogen-bond donors (Lipinski definition) is 1. The van der Waals surface area contributed by atoms with Gasteiger partial charge < -0.3 is 5.73 Å². The molecule has 1 atom stereocenters. The molecule has 0 aromatic carbocycles. The number of aromatic nitrogens is 3. The van der Waals surface area contributed by atoms with Crippen LogP contribution >= 0.6 is 0 Å². The van der Waals surface area contributed by atoms with Crippen molar-refractivity contribution >= 4 is 9.84 Å². The lowest BCUT2D eigenvalue weighted by molar-refractivity contribution is 0.480. The molecule has 1 fully saturated rings. The zero-order valence-corrected chi connectivity index (χ0v) is 12.1. The lowest BCUT2D eigenvalue weighted by atomic mass is 10.0. The van der Waals surface area contributed by atoms with E-state index in [0.717, 1.165) is 32.1 Å². The molecule has 1 aromatic heterocycles. The van der Waals surface area contributed by atoms with Crippen LogP contribution in [-0.4, -0.2) is 34.4 Å².